The van der Waals surface area contributed by atoms with E-state index in [-0.39, 0.29) is 17.5 Å². The molecule has 4 heteroatoms. The third kappa shape index (κ3) is 4.36. The average molecular weight is 290 g/mol. The monoisotopic (exact) mass is 290 g/mol. The average Bonchev–Trinajstić information content (AvgIpc) is 2.44. The van der Waals surface area contributed by atoms with Crippen LogP contribution in [0.5, 0.6) is 0 Å². The lowest BCUT2D eigenvalue weighted by molar-refractivity contribution is 0.123. The molecule has 0 bridgehead atoms. The van der Waals surface area contributed by atoms with Crippen LogP contribution in [0.1, 0.15) is 65.2 Å². The minimum atomic E-state index is 0.110. The normalized spacial score (nSPS) is 35.3. The number of carbonyl (C=O) groups excluding carboxylic acids is 2. The molecule has 0 spiro atoms. The molecule has 2 saturated carbocycles. The molecule has 2 unspecified atom stereocenters. The molecule has 21 heavy (non-hydrogen) atoms. The van der Waals surface area contributed by atoms with Crippen molar-refractivity contribution in [2.24, 2.45) is 27.2 Å². The van der Waals surface area contributed by atoms with Gasteiger partial charge in [-0.25, -0.2) is 19.6 Å². The van der Waals surface area contributed by atoms with Gasteiger partial charge in [-0.3, -0.25) is 0 Å². The van der Waals surface area contributed by atoms with E-state index >= 15 is 0 Å². The van der Waals surface area contributed by atoms with Crippen LogP contribution >= 0.6 is 0 Å². The van der Waals surface area contributed by atoms with Gasteiger partial charge in [-0.2, -0.15) is 0 Å². The minimum Gasteiger partial charge on any atom is -0.211 e. The van der Waals surface area contributed by atoms with Gasteiger partial charge in [-0.05, 0) is 68.6 Å². The molecule has 0 saturated heterocycles. The van der Waals surface area contributed by atoms with E-state index in [1.807, 2.05) is 0 Å². The second-order valence-corrected chi connectivity index (χ2v) is 7.50. The second-order valence-electron chi connectivity index (χ2n) is 7.50. The molecule has 0 aliphatic heterocycles. The van der Waals surface area contributed by atoms with Crippen molar-refractivity contribution in [3.05, 3.63) is 0 Å². The molecule has 2 atom stereocenters. The highest BCUT2D eigenvalue weighted by Crippen LogP contribution is 2.44. The zero-order chi connectivity index (χ0) is 15.3. The molecule has 2 aliphatic rings. The maximum atomic E-state index is 10.5. The van der Waals surface area contributed by atoms with Gasteiger partial charge in [0, 0.05) is 0 Å². The van der Waals surface area contributed by atoms with Crippen LogP contribution in [-0.4, -0.2) is 24.2 Å². The van der Waals surface area contributed by atoms with E-state index < -0.39 is 0 Å². The Kier molecular flexibility index (Phi) is 5.50. The SMILES string of the molecule is CC1(C)CC(CC2CCC(N=C=O)CC2)CCC1N=C=O. The number of nitrogens with zero attached hydrogens (tertiary/aromatic N) is 2. The Hall–Kier alpha value is -1.24. The first-order chi connectivity index (χ1) is 10.0. The highest BCUT2D eigenvalue weighted by molar-refractivity contribution is 5.34. The zero-order valence-corrected chi connectivity index (χ0v) is 13.2. The van der Waals surface area contributed by atoms with Gasteiger partial charge < -0.3 is 0 Å². The van der Waals surface area contributed by atoms with Crippen LogP contribution < -0.4 is 0 Å². The Morgan fingerprint density at radius 2 is 1.52 bits per heavy atom. The molecule has 0 N–H and O–H groups in total. The molecule has 4 nitrogen and oxygen atoms in total. The predicted octanol–water partition coefficient (Wildman–Crippen LogP) is 3.80. The molecule has 0 aromatic heterocycles. The quantitative estimate of drug-likeness (QED) is 0.584. The summed E-state index contributed by atoms with van der Waals surface area (Å²) in [7, 11) is 0. The fourth-order valence-corrected chi connectivity index (χ4v) is 4.33. The van der Waals surface area contributed by atoms with Gasteiger partial charge in [0.25, 0.3) is 0 Å². The molecule has 0 radical (unpaired) electrons. The fraction of sp³-hybridized carbons (Fsp3) is 0.882. The van der Waals surface area contributed by atoms with Gasteiger partial charge in [0.2, 0.25) is 12.2 Å². The number of isocyanates is 2. The summed E-state index contributed by atoms with van der Waals surface area (Å²) in [6.07, 6.45) is 12.5. The van der Waals surface area contributed by atoms with Gasteiger partial charge in [0.1, 0.15) is 0 Å². The van der Waals surface area contributed by atoms with Crippen LogP contribution in [0.4, 0.5) is 0 Å². The van der Waals surface area contributed by atoms with Gasteiger partial charge in [-0.1, -0.05) is 13.8 Å². The standard InChI is InChI=1S/C17H26N2O2/c1-17(2)10-14(5-8-16(17)19-12-21)9-13-3-6-15(7-4-13)18-11-20/h13-16H,3-10H2,1-2H3. The Labute approximate surface area is 127 Å². The largest absolute Gasteiger partial charge is 0.235 e. The topological polar surface area (TPSA) is 58.9 Å². The summed E-state index contributed by atoms with van der Waals surface area (Å²) in [5.74, 6) is 1.52. The first-order valence-electron chi connectivity index (χ1n) is 8.19. The predicted molar refractivity (Wildman–Crippen MR) is 81.5 cm³/mol. The Morgan fingerprint density at radius 3 is 2.10 bits per heavy atom. The van der Waals surface area contributed by atoms with E-state index in [1.165, 1.54) is 25.7 Å². The van der Waals surface area contributed by atoms with Crippen molar-refractivity contribution in [2.45, 2.75) is 77.3 Å². The molecule has 0 heterocycles. The van der Waals surface area contributed by atoms with Crippen molar-refractivity contribution in [1.29, 1.82) is 0 Å². The van der Waals surface area contributed by atoms with Crippen molar-refractivity contribution in [3.63, 3.8) is 0 Å². The highest BCUT2D eigenvalue weighted by Gasteiger charge is 2.37. The van der Waals surface area contributed by atoms with E-state index in [2.05, 4.69) is 23.8 Å². The van der Waals surface area contributed by atoms with Crippen molar-refractivity contribution < 1.29 is 9.59 Å². The number of hydrogen-bond acceptors (Lipinski definition) is 4. The Balaban J connectivity index is 1.83. The Bertz CT molecular complexity index is 440. The summed E-state index contributed by atoms with van der Waals surface area (Å²) >= 11 is 0. The summed E-state index contributed by atoms with van der Waals surface area (Å²) in [5, 5.41) is 0. The molecule has 2 aliphatic carbocycles. The van der Waals surface area contributed by atoms with Gasteiger partial charge in [0.15, 0.2) is 0 Å². The van der Waals surface area contributed by atoms with E-state index in [0.29, 0.717) is 0 Å². The zero-order valence-electron chi connectivity index (χ0n) is 13.2. The molecule has 116 valence electrons. The molecule has 2 fully saturated rings. The Morgan fingerprint density at radius 1 is 0.905 bits per heavy atom. The third-order valence-corrected chi connectivity index (χ3v) is 5.49. The molecule has 2 rings (SSSR count). The summed E-state index contributed by atoms with van der Waals surface area (Å²) in [6.45, 7) is 4.45. The smallest absolute Gasteiger partial charge is 0.211 e. The van der Waals surface area contributed by atoms with Crippen molar-refractivity contribution in [2.75, 3.05) is 0 Å². The second kappa shape index (κ2) is 7.15. The van der Waals surface area contributed by atoms with E-state index in [9.17, 15) is 9.59 Å². The maximum Gasteiger partial charge on any atom is 0.235 e. The lowest BCUT2D eigenvalue weighted by Crippen LogP contribution is -2.36. The molecule has 0 amide bonds. The van der Waals surface area contributed by atoms with Crippen LogP contribution in [0, 0.1) is 17.3 Å². The molecule has 0 aromatic rings. The van der Waals surface area contributed by atoms with Gasteiger partial charge in [-0.15, -0.1) is 0 Å². The summed E-state index contributed by atoms with van der Waals surface area (Å²) < 4.78 is 0. The van der Waals surface area contributed by atoms with Gasteiger partial charge in [0.05, 0.1) is 12.1 Å². The fourth-order valence-electron chi connectivity index (χ4n) is 4.33. The number of hydrogen-bond donors (Lipinski definition) is 0. The first-order valence-corrected chi connectivity index (χ1v) is 8.19. The summed E-state index contributed by atoms with van der Waals surface area (Å²) in [4.78, 5) is 28.7. The molecular weight excluding hydrogens is 264 g/mol. The maximum absolute atomic E-state index is 10.5. The van der Waals surface area contributed by atoms with Crippen LogP contribution in [0.2, 0.25) is 0 Å². The minimum absolute atomic E-state index is 0.110. The lowest BCUT2D eigenvalue weighted by Gasteiger charge is -2.41. The van der Waals surface area contributed by atoms with Crippen LogP contribution in [0.3, 0.4) is 0 Å². The number of rotatable bonds is 4. The highest BCUT2D eigenvalue weighted by atomic mass is 16.1. The van der Waals surface area contributed by atoms with Crippen molar-refractivity contribution in [3.8, 4) is 0 Å². The number of aliphatic imine (C=N–C) groups is 2. The summed E-state index contributed by atoms with van der Waals surface area (Å²) in [5.41, 5.74) is 0.110. The van der Waals surface area contributed by atoms with Crippen molar-refractivity contribution in [1.82, 2.24) is 0 Å². The van der Waals surface area contributed by atoms with Crippen molar-refractivity contribution >= 4 is 12.2 Å². The van der Waals surface area contributed by atoms with E-state index in [0.717, 1.165) is 37.5 Å². The van der Waals surface area contributed by atoms with E-state index in [1.54, 1.807) is 12.2 Å². The van der Waals surface area contributed by atoms with E-state index in [4.69, 9.17) is 0 Å². The van der Waals surface area contributed by atoms with Crippen LogP contribution in [0.15, 0.2) is 9.98 Å². The van der Waals surface area contributed by atoms with Crippen LogP contribution in [-0.2, 0) is 9.59 Å². The lowest BCUT2D eigenvalue weighted by atomic mass is 9.66. The summed E-state index contributed by atoms with van der Waals surface area (Å²) in [6, 6.07) is 0.358. The van der Waals surface area contributed by atoms with Gasteiger partial charge >= 0.3 is 0 Å². The molecular formula is C17H26N2O2. The first kappa shape index (κ1) is 16.1. The van der Waals surface area contributed by atoms with Crippen LogP contribution in [0.25, 0.3) is 0 Å². The molecule has 0 aromatic carbocycles. The third-order valence-electron chi connectivity index (χ3n) is 5.49.